The van der Waals surface area contributed by atoms with Gasteiger partial charge in [-0.25, -0.2) is 0 Å². The van der Waals surface area contributed by atoms with Crippen LogP contribution in [0, 0.1) is 20.8 Å². The molecule has 39 heavy (non-hydrogen) atoms. The Morgan fingerprint density at radius 1 is 0.718 bits per heavy atom. The number of hydrogen-bond acceptors (Lipinski definition) is 3. The smallest absolute Gasteiger partial charge is 0.265 e. The Balaban J connectivity index is 1.84. The second kappa shape index (κ2) is 9.59. The van der Waals surface area contributed by atoms with E-state index in [9.17, 15) is 14.7 Å². The summed E-state index contributed by atoms with van der Waals surface area (Å²) in [6.45, 7) is 5.98. The lowest BCUT2D eigenvalue weighted by Gasteiger charge is -2.18. The van der Waals surface area contributed by atoms with Crippen molar-refractivity contribution in [3.63, 3.8) is 0 Å². The molecule has 0 unspecified atom stereocenters. The second-order valence-electron chi connectivity index (χ2n) is 10.4. The molecule has 0 bridgehead atoms. The number of aliphatic hydroxyl groups is 1. The highest BCUT2D eigenvalue weighted by Gasteiger charge is 2.32. The van der Waals surface area contributed by atoms with Gasteiger partial charge in [0, 0.05) is 35.5 Å². The maximum absolute atomic E-state index is 14.5. The largest absolute Gasteiger partial charge is 0.512 e. The van der Waals surface area contributed by atoms with Gasteiger partial charge in [0.05, 0.1) is 22.2 Å². The number of nitrogens with zero attached hydrogens (tertiary/aromatic N) is 2. The maximum Gasteiger partial charge on any atom is 0.265 e. The second-order valence-corrected chi connectivity index (χ2v) is 10.4. The molecule has 0 atom stereocenters. The first kappa shape index (κ1) is 24.7. The maximum atomic E-state index is 14.5. The van der Waals surface area contributed by atoms with E-state index in [0.717, 1.165) is 39.5 Å². The third kappa shape index (κ3) is 4.11. The fourth-order valence-corrected chi connectivity index (χ4v) is 5.68. The summed E-state index contributed by atoms with van der Waals surface area (Å²) in [7, 11) is 0. The van der Waals surface area contributed by atoms with Crippen LogP contribution in [0.5, 0.6) is 0 Å². The molecule has 5 aromatic rings. The van der Waals surface area contributed by atoms with Crippen LogP contribution in [0.25, 0.3) is 39.1 Å². The van der Waals surface area contributed by atoms with E-state index in [2.05, 4.69) is 4.57 Å². The highest BCUT2D eigenvalue weighted by molar-refractivity contribution is 6.27. The van der Waals surface area contributed by atoms with Crippen molar-refractivity contribution in [2.75, 3.05) is 0 Å². The minimum atomic E-state index is -0.217. The van der Waals surface area contributed by atoms with E-state index in [4.69, 9.17) is 0 Å². The Hall–Kier alpha value is -4.64. The van der Waals surface area contributed by atoms with Crippen LogP contribution in [0.2, 0.25) is 0 Å². The molecule has 0 fully saturated rings. The van der Waals surface area contributed by atoms with Gasteiger partial charge in [-0.3, -0.25) is 14.2 Å². The van der Waals surface area contributed by atoms with Crippen LogP contribution in [0.3, 0.4) is 0 Å². The van der Waals surface area contributed by atoms with Crippen molar-refractivity contribution < 1.29 is 9.90 Å². The van der Waals surface area contributed by atoms with E-state index in [0.29, 0.717) is 35.7 Å². The third-order valence-electron chi connectivity index (χ3n) is 7.59. The summed E-state index contributed by atoms with van der Waals surface area (Å²) in [6.07, 6.45) is 1.34. The van der Waals surface area contributed by atoms with Gasteiger partial charge >= 0.3 is 0 Å². The molecule has 5 heteroatoms. The van der Waals surface area contributed by atoms with Crippen molar-refractivity contribution in [3.05, 3.63) is 123 Å². The molecule has 0 spiro atoms. The zero-order valence-corrected chi connectivity index (χ0v) is 22.4. The van der Waals surface area contributed by atoms with Crippen molar-refractivity contribution in [1.29, 1.82) is 0 Å². The van der Waals surface area contributed by atoms with E-state index < -0.39 is 0 Å². The summed E-state index contributed by atoms with van der Waals surface area (Å²) in [5, 5.41) is 11.6. The van der Waals surface area contributed by atoms with Crippen molar-refractivity contribution in [3.8, 4) is 22.6 Å². The Labute approximate surface area is 227 Å². The molecular formula is C34H30N2O3. The summed E-state index contributed by atoms with van der Waals surface area (Å²) >= 11 is 0. The van der Waals surface area contributed by atoms with Gasteiger partial charge in [0.2, 0.25) is 0 Å². The molecule has 1 aliphatic carbocycles. The van der Waals surface area contributed by atoms with E-state index >= 15 is 0 Å². The van der Waals surface area contributed by atoms with Crippen LogP contribution in [0.4, 0.5) is 0 Å². The minimum Gasteiger partial charge on any atom is -0.512 e. The number of aromatic nitrogens is 2. The quantitative estimate of drug-likeness (QED) is 0.272. The Bertz CT molecular complexity index is 1820. The number of aliphatic hydroxyl groups excluding tert-OH is 1. The summed E-state index contributed by atoms with van der Waals surface area (Å²) in [5.74, 6) is -0.0889. The van der Waals surface area contributed by atoms with Crippen LogP contribution in [0.1, 0.15) is 41.6 Å². The van der Waals surface area contributed by atoms with E-state index in [1.54, 1.807) is 4.57 Å². The number of pyridine rings is 1. The van der Waals surface area contributed by atoms with Crippen molar-refractivity contribution in [1.82, 2.24) is 9.13 Å². The van der Waals surface area contributed by atoms with Gasteiger partial charge in [0.25, 0.3) is 5.56 Å². The van der Waals surface area contributed by atoms with Crippen molar-refractivity contribution >= 4 is 22.3 Å². The normalized spacial score (nSPS) is 13.9. The molecule has 194 valence electrons. The number of Topliss-reactive ketones (excluding diaryl/α,β-unsaturated/α-hetero) is 1. The van der Waals surface area contributed by atoms with Gasteiger partial charge in [-0.1, -0.05) is 65.7 Å². The van der Waals surface area contributed by atoms with E-state index in [1.807, 2.05) is 106 Å². The molecule has 0 amide bonds. The molecule has 0 radical (unpaired) electrons. The number of hydrogen-bond donors (Lipinski definition) is 1. The van der Waals surface area contributed by atoms with Gasteiger partial charge < -0.3 is 9.67 Å². The summed E-state index contributed by atoms with van der Waals surface area (Å²) in [4.78, 5) is 28.0. The van der Waals surface area contributed by atoms with Gasteiger partial charge in [0.1, 0.15) is 5.76 Å². The zero-order valence-electron chi connectivity index (χ0n) is 22.4. The minimum absolute atomic E-state index is 0.0493. The Kier molecular flexibility index (Phi) is 6.07. The Morgan fingerprint density at radius 3 is 1.90 bits per heavy atom. The highest BCUT2D eigenvalue weighted by Crippen LogP contribution is 2.42. The average molecular weight is 515 g/mol. The van der Waals surface area contributed by atoms with E-state index in [-0.39, 0.29) is 22.7 Å². The number of allylic oxidation sites excluding steroid dienone is 2. The first-order valence-electron chi connectivity index (χ1n) is 13.3. The number of benzene rings is 3. The standard InChI is InChI=1S/C34H30N2O3/c1-21-12-16-25(17-13-21)35-23(3)20-27-30(34(35)39)32(31-28(37)10-7-11-29(31)38)33(24-8-5-4-6-9-24)36(27)26-18-14-22(2)15-19-26/h4-6,8-9,12-20,37H,7,10-11H2,1-3H3. The van der Waals surface area contributed by atoms with Crippen LogP contribution in [0.15, 0.2) is 95.5 Å². The summed E-state index contributed by atoms with van der Waals surface area (Å²) in [6, 6.07) is 27.8. The molecule has 0 saturated carbocycles. The van der Waals surface area contributed by atoms with Crippen molar-refractivity contribution in [2.24, 2.45) is 0 Å². The van der Waals surface area contributed by atoms with Crippen LogP contribution >= 0.6 is 0 Å². The predicted octanol–water partition coefficient (Wildman–Crippen LogP) is 7.40. The molecular weight excluding hydrogens is 484 g/mol. The average Bonchev–Trinajstić information content (AvgIpc) is 3.25. The molecule has 1 N–H and O–H groups in total. The lowest BCUT2D eigenvalue weighted by atomic mass is 9.88. The van der Waals surface area contributed by atoms with Gasteiger partial charge in [0.15, 0.2) is 5.78 Å². The van der Waals surface area contributed by atoms with Gasteiger partial charge in [-0.15, -0.1) is 0 Å². The SMILES string of the molecule is Cc1ccc(-n2c(C)cc3c(c(C4=C(O)CCCC4=O)c(-c4ccccc4)n3-c3ccc(C)cc3)c2=O)cc1. The lowest BCUT2D eigenvalue weighted by molar-refractivity contribution is -0.114. The van der Waals surface area contributed by atoms with Gasteiger partial charge in [-0.05, 0) is 63.1 Å². The number of carbonyl (C=O) groups excluding carboxylic acids is 1. The zero-order chi connectivity index (χ0) is 27.3. The topological polar surface area (TPSA) is 64.2 Å². The van der Waals surface area contributed by atoms with Crippen LogP contribution in [-0.4, -0.2) is 20.0 Å². The number of aryl methyl sites for hydroxylation is 3. The number of fused-ring (bicyclic) bond motifs is 1. The summed E-state index contributed by atoms with van der Waals surface area (Å²) < 4.78 is 3.76. The number of ketones is 1. The van der Waals surface area contributed by atoms with E-state index in [1.165, 1.54) is 0 Å². The first-order chi connectivity index (χ1) is 18.8. The summed E-state index contributed by atoms with van der Waals surface area (Å²) in [5.41, 5.74) is 7.48. The fourth-order valence-electron chi connectivity index (χ4n) is 5.68. The van der Waals surface area contributed by atoms with Gasteiger partial charge in [-0.2, -0.15) is 0 Å². The molecule has 2 heterocycles. The molecule has 0 aliphatic heterocycles. The molecule has 1 aliphatic rings. The van der Waals surface area contributed by atoms with Crippen LogP contribution in [-0.2, 0) is 4.79 Å². The number of carbonyl (C=O) groups is 1. The predicted molar refractivity (Wildman–Crippen MR) is 157 cm³/mol. The fraction of sp³-hybridized carbons (Fsp3) is 0.176. The molecule has 6 rings (SSSR count). The monoisotopic (exact) mass is 514 g/mol. The molecule has 2 aromatic heterocycles. The first-order valence-corrected chi connectivity index (χ1v) is 13.3. The highest BCUT2D eigenvalue weighted by atomic mass is 16.3. The van der Waals surface area contributed by atoms with Crippen LogP contribution < -0.4 is 5.56 Å². The number of rotatable bonds is 4. The lowest BCUT2D eigenvalue weighted by Crippen LogP contribution is -2.22. The van der Waals surface area contributed by atoms with Crippen molar-refractivity contribution in [2.45, 2.75) is 40.0 Å². The Morgan fingerprint density at radius 2 is 1.31 bits per heavy atom. The third-order valence-corrected chi connectivity index (χ3v) is 7.59. The molecule has 3 aromatic carbocycles. The molecule has 0 saturated heterocycles. The molecule has 5 nitrogen and oxygen atoms in total.